The Hall–Kier alpha value is -1.99. The summed E-state index contributed by atoms with van der Waals surface area (Å²) in [6.07, 6.45) is 2.40. The van der Waals surface area contributed by atoms with Gasteiger partial charge >= 0.3 is 0 Å². The lowest BCUT2D eigenvalue weighted by Gasteiger charge is -2.22. The molecule has 0 radical (unpaired) electrons. The molecule has 3 N–H and O–H groups in total. The molecule has 130 valence electrons. The summed E-state index contributed by atoms with van der Waals surface area (Å²) in [4.78, 5) is 2.14. The number of benzene rings is 1. The molecule has 1 aromatic carbocycles. The number of halogens is 2. The molecular formula is C15H21Cl2N7. The molecule has 0 saturated heterocycles. The molecule has 0 fully saturated rings. The third-order valence-electron chi connectivity index (χ3n) is 3.43. The summed E-state index contributed by atoms with van der Waals surface area (Å²) in [7, 11) is 0. The number of nitrogen functional groups attached to an aromatic ring is 1. The van der Waals surface area contributed by atoms with Crippen LogP contribution in [-0.2, 0) is 6.42 Å². The van der Waals surface area contributed by atoms with Crippen molar-refractivity contribution in [1.82, 2.24) is 14.9 Å². The number of aryl methyl sites for hydroxylation is 1. The van der Waals surface area contributed by atoms with Crippen molar-refractivity contribution in [2.45, 2.75) is 13.3 Å². The lowest BCUT2D eigenvalue weighted by molar-refractivity contribution is 0.855. The maximum atomic E-state index is 5.83. The van der Waals surface area contributed by atoms with Crippen LogP contribution in [0, 0.1) is 0 Å². The highest BCUT2D eigenvalue weighted by atomic mass is 35.5. The summed E-state index contributed by atoms with van der Waals surface area (Å²) in [5.74, 6) is 8.04. The third kappa shape index (κ3) is 4.75. The molecule has 0 unspecified atom stereocenters. The highest BCUT2D eigenvalue weighted by Gasteiger charge is 2.06. The Balaban J connectivity index is 1.98. The van der Waals surface area contributed by atoms with E-state index in [0.29, 0.717) is 30.0 Å². The molecule has 24 heavy (non-hydrogen) atoms. The Labute approximate surface area is 151 Å². The van der Waals surface area contributed by atoms with Crippen molar-refractivity contribution in [3.8, 4) is 0 Å². The first-order valence-electron chi connectivity index (χ1n) is 7.65. The maximum absolute atomic E-state index is 5.83. The van der Waals surface area contributed by atoms with Gasteiger partial charge in [0.2, 0.25) is 0 Å². The topological polar surface area (TPSA) is 84.4 Å². The highest BCUT2D eigenvalue weighted by molar-refractivity contribution is 6.18. The van der Waals surface area contributed by atoms with E-state index in [2.05, 4.69) is 25.6 Å². The number of nitrogens with one attached hydrogen (secondary N) is 1. The fraction of sp³-hybridized carbons (Fsp3) is 0.400. The van der Waals surface area contributed by atoms with Gasteiger partial charge in [-0.25, -0.2) is 10.1 Å². The highest BCUT2D eigenvalue weighted by Crippen LogP contribution is 2.15. The number of hydrogen-bond acceptors (Lipinski definition) is 6. The van der Waals surface area contributed by atoms with Crippen LogP contribution >= 0.6 is 23.2 Å². The second-order valence-electron chi connectivity index (χ2n) is 4.99. The average Bonchev–Trinajstić information content (AvgIpc) is 2.95. The summed E-state index contributed by atoms with van der Waals surface area (Å²) >= 11 is 11.7. The van der Waals surface area contributed by atoms with Crippen LogP contribution in [0.2, 0.25) is 0 Å². The second-order valence-corrected chi connectivity index (χ2v) is 5.75. The molecule has 0 saturated carbocycles. The summed E-state index contributed by atoms with van der Waals surface area (Å²) in [5, 5.41) is 12.0. The first kappa shape index (κ1) is 18.4. The Kier molecular flexibility index (Phi) is 7.14. The minimum atomic E-state index is 0.398. The van der Waals surface area contributed by atoms with Gasteiger partial charge in [-0.2, -0.15) is 5.10 Å². The number of hydrogen-bond donors (Lipinski definition) is 2. The molecule has 1 aromatic heterocycles. The van der Waals surface area contributed by atoms with Crippen molar-refractivity contribution in [2.75, 3.05) is 41.0 Å². The van der Waals surface area contributed by atoms with E-state index in [-0.39, 0.29) is 0 Å². The molecule has 2 aromatic rings. The van der Waals surface area contributed by atoms with Crippen LogP contribution < -0.4 is 16.2 Å². The van der Waals surface area contributed by atoms with Crippen LogP contribution in [0.15, 0.2) is 29.4 Å². The number of aromatic nitrogens is 3. The SMILES string of the molecule is CCc1nnc(N/N=C/c2ccc(N(CCCl)CCCl)cc2)n1N. The largest absolute Gasteiger partial charge is 0.369 e. The predicted octanol–water partition coefficient (Wildman–Crippen LogP) is 2.28. The summed E-state index contributed by atoms with van der Waals surface area (Å²) in [6, 6.07) is 7.98. The van der Waals surface area contributed by atoms with E-state index in [1.807, 2.05) is 31.2 Å². The van der Waals surface area contributed by atoms with Gasteiger partial charge in [-0.3, -0.25) is 0 Å². The molecule has 0 amide bonds. The van der Waals surface area contributed by atoms with E-state index >= 15 is 0 Å². The maximum Gasteiger partial charge on any atom is 0.263 e. The number of alkyl halides is 2. The van der Waals surface area contributed by atoms with Gasteiger partial charge in [0, 0.05) is 37.0 Å². The number of nitrogens with zero attached hydrogens (tertiary/aromatic N) is 5. The first-order chi connectivity index (χ1) is 11.7. The Morgan fingerprint density at radius 3 is 2.42 bits per heavy atom. The number of anilines is 2. The molecule has 9 heteroatoms. The summed E-state index contributed by atoms with van der Waals surface area (Å²) in [6.45, 7) is 3.48. The standard InChI is InChI=1S/C15H21Cl2N7/c1-2-14-20-22-15(24(14)18)21-19-11-12-3-5-13(6-4-12)23(9-7-16)10-8-17/h3-6,11H,2,7-10,18H2,1H3,(H,21,22)/b19-11+. The van der Waals surface area contributed by atoms with Crippen LogP contribution in [0.5, 0.6) is 0 Å². The van der Waals surface area contributed by atoms with Gasteiger partial charge in [0.25, 0.3) is 5.95 Å². The molecule has 2 rings (SSSR count). The van der Waals surface area contributed by atoms with E-state index < -0.39 is 0 Å². The van der Waals surface area contributed by atoms with Crippen molar-refractivity contribution >= 4 is 41.1 Å². The Morgan fingerprint density at radius 1 is 1.21 bits per heavy atom. The Bertz CT molecular complexity index is 648. The van der Waals surface area contributed by atoms with Gasteiger partial charge in [-0.15, -0.1) is 33.4 Å². The first-order valence-corrected chi connectivity index (χ1v) is 8.71. The Morgan fingerprint density at radius 2 is 1.88 bits per heavy atom. The van der Waals surface area contributed by atoms with E-state index in [1.165, 1.54) is 4.68 Å². The molecule has 7 nitrogen and oxygen atoms in total. The van der Waals surface area contributed by atoms with Crippen LogP contribution in [0.4, 0.5) is 11.6 Å². The predicted molar refractivity (Wildman–Crippen MR) is 101 cm³/mol. The van der Waals surface area contributed by atoms with E-state index in [4.69, 9.17) is 29.0 Å². The summed E-state index contributed by atoms with van der Waals surface area (Å²) < 4.78 is 1.39. The minimum absolute atomic E-state index is 0.398. The molecule has 0 aliphatic rings. The van der Waals surface area contributed by atoms with Crippen LogP contribution in [0.3, 0.4) is 0 Å². The second kappa shape index (κ2) is 9.34. The molecule has 0 aliphatic carbocycles. The van der Waals surface area contributed by atoms with Crippen LogP contribution in [0.1, 0.15) is 18.3 Å². The molecular weight excluding hydrogens is 349 g/mol. The van der Waals surface area contributed by atoms with Gasteiger partial charge in [0.05, 0.1) is 6.21 Å². The fourth-order valence-electron chi connectivity index (χ4n) is 2.15. The monoisotopic (exact) mass is 369 g/mol. The van der Waals surface area contributed by atoms with E-state index in [0.717, 1.165) is 24.3 Å². The zero-order valence-corrected chi connectivity index (χ0v) is 15.0. The van der Waals surface area contributed by atoms with Crippen molar-refractivity contribution in [3.05, 3.63) is 35.7 Å². The van der Waals surface area contributed by atoms with Gasteiger partial charge in [0.1, 0.15) is 0 Å². The van der Waals surface area contributed by atoms with Gasteiger partial charge in [-0.05, 0) is 17.7 Å². The fourth-order valence-corrected chi connectivity index (χ4v) is 2.56. The smallest absolute Gasteiger partial charge is 0.263 e. The molecule has 0 spiro atoms. The van der Waals surface area contributed by atoms with Gasteiger partial charge < -0.3 is 10.7 Å². The quantitative estimate of drug-likeness (QED) is 0.306. The summed E-state index contributed by atoms with van der Waals surface area (Å²) in [5.41, 5.74) is 4.81. The van der Waals surface area contributed by atoms with E-state index in [1.54, 1.807) is 6.21 Å². The number of rotatable bonds is 9. The van der Waals surface area contributed by atoms with Crippen molar-refractivity contribution in [3.63, 3.8) is 0 Å². The van der Waals surface area contributed by atoms with Crippen LogP contribution in [-0.4, -0.2) is 45.9 Å². The van der Waals surface area contributed by atoms with Crippen molar-refractivity contribution in [1.29, 1.82) is 0 Å². The minimum Gasteiger partial charge on any atom is -0.369 e. The number of hydrazone groups is 1. The zero-order valence-electron chi connectivity index (χ0n) is 13.5. The third-order valence-corrected chi connectivity index (χ3v) is 3.77. The average molecular weight is 370 g/mol. The van der Waals surface area contributed by atoms with Gasteiger partial charge in [0.15, 0.2) is 5.82 Å². The lowest BCUT2D eigenvalue weighted by atomic mass is 10.2. The molecule has 0 atom stereocenters. The molecule has 0 aliphatic heterocycles. The normalized spacial score (nSPS) is 11.1. The number of nitrogens with two attached hydrogens (primary N) is 1. The van der Waals surface area contributed by atoms with E-state index in [9.17, 15) is 0 Å². The van der Waals surface area contributed by atoms with Gasteiger partial charge in [-0.1, -0.05) is 19.1 Å². The van der Waals surface area contributed by atoms with Crippen LogP contribution in [0.25, 0.3) is 0 Å². The zero-order chi connectivity index (χ0) is 17.4. The van der Waals surface area contributed by atoms with Crippen molar-refractivity contribution in [2.24, 2.45) is 5.10 Å². The molecule has 1 heterocycles. The lowest BCUT2D eigenvalue weighted by Crippen LogP contribution is -2.27. The van der Waals surface area contributed by atoms with Crippen molar-refractivity contribution < 1.29 is 0 Å². The molecule has 0 bridgehead atoms.